The molecule has 13 heavy (non-hydrogen) atoms. The second kappa shape index (κ2) is 4.08. The zero-order valence-electron chi connectivity index (χ0n) is 6.77. The topological polar surface area (TPSA) is 90.2 Å². The van der Waals surface area contributed by atoms with Gasteiger partial charge in [0.05, 0.1) is 0 Å². The lowest BCUT2D eigenvalue weighted by molar-refractivity contribution is -0.114. The maximum atomic E-state index is 11.2. The lowest BCUT2D eigenvalue weighted by atomic mass is 10.3. The average Bonchev–Trinajstić information content (AvgIpc) is 2.61. The molecular weight excluding hydrogens is 170 g/mol. The van der Waals surface area contributed by atoms with E-state index in [4.69, 9.17) is 5.53 Å². The van der Waals surface area contributed by atoms with Gasteiger partial charge in [-0.05, 0) is 4.99 Å². The summed E-state index contributed by atoms with van der Waals surface area (Å²) in [6, 6.07) is 0. The van der Waals surface area contributed by atoms with E-state index in [0.29, 0.717) is 6.54 Å². The van der Waals surface area contributed by atoms with Crippen molar-refractivity contribution < 1.29 is 9.58 Å². The average molecular weight is 177 g/mol. The van der Waals surface area contributed by atoms with Crippen molar-refractivity contribution in [1.82, 2.24) is 5.32 Å². The molecule has 6 heteroatoms. The number of carbonyl (C=O) groups is 1. The highest BCUT2D eigenvalue weighted by Crippen LogP contribution is 1.91. The van der Waals surface area contributed by atoms with E-state index in [1.54, 1.807) is 0 Å². The van der Waals surface area contributed by atoms with E-state index in [9.17, 15) is 4.79 Å². The number of hydrogen-bond donors (Lipinski definition) is 1. The second-order valence-electron chi connectivity index (χ2n) is 2.14. The number of amides is 1. The zero-order valence-corrected chi connectivity index (χ0v) is 6.77. The van der Waals surface area contributed by atoms with E-state index in [1.165, 1.54) is 6.08 Å². The van der Waals surface area contributed by atoms with Crippen LogP contribution in [0.25, 0.3) is 5.53 Å². The molecule has 6 nitrogen and oxygen atoms in total. The highest BCUT2D eigenvalue weighted by atomic mass is 16.1. The van der Waals surface area contributed by atoms with Crippen LogP contribution in [-0.2, 0) is 4.79 Å². The Hall–Kier alpha value is -2.07. The van der Waals surface area contributed by atoms with Crippen LogP contribution in [-0.4, -0.2) is 35.1 Å². The normalized spacial score (nSPS) is 13.5. The van der Waals surface area contributed by atoms with Crippen LogP contribution < -0.4 is 5.32 Å². The summed E-state index contributed by atoms with van der Waals surface area (Å²) in [7, 11) is 0. The molecule has 66 valence electrons. The molecule has 0 saturated heterocycles. The Bertz CT molecular complexity index is 348. The number of rotatable bonds is 3. The molecule has 0 spiro atoms. The van der Waals surface area contributed by atoms with Crippen LogP contribution in [0.2, 0.25) is 0 Å². The number of carbonyl (C=O) groups excluding carboxylic acids is 1. The Morgan fingerprint density at radius 1 is 1.85 bits per heavy atom. The summed E-state index contributed by atoms with van der Waals surface area (Å²) in [4.78, 5) is 21.2. The predicted molar refractivity (Wildman–Crippen MR) is 47.8 cm³/mol. The predicted octanol–water partition coefficient (Wildman–Crippen LogP) is -0.600. The van der Waals surface area contributed by atoms with Crippen LogP contribution in [0, 0.1) is 0 Å². The molecule has 0 aromatic carbocycles. The molecule has 1 N–H and O–H groups in total. The Kier molecular flexibility index (Phi) is 2.83. The quantitative estimate of drug-likeness (QED) is 0.348. The van der Waals surface area contributed by atoms with E-state index in [-0.39, 0.29) is 11.5 Å². The van der Waals surface area contributed by atoms with Gasteiger partial charge in [0.1, 0.15) is 0 Å². The summed E-state index contributed by atoms with van der Waals surface area (Å²) in [5.41, 5.74) is 8.41. The van der Waals surface area contributed by atoms with Crippen molar-refractivity contribution in [1.29, 1.82) is 0 Å². The molecule has 0 unspecified atom stereocenters. The number of nitrogens with zero attached hydrogens (tertiary/aromatic N) is 4. The number of aliphatic imine (C=N–C) groups is 2. The van der Waals surface area contributed by atoms with Gasteiger partial charge in [-0.1, -0.05) is 6.08 Å². The summed E-state index contributed by atoms with van der Waals surface area (Å²) in [6.07, 6.45) is 2.68. The fourth-order valence-corrected chi connectivity index (χ4v) is 0.742. The monoisotopic (exact) mass is 177 g/mol. The van der Waals surface area contributed by atoms with Crippen molar-refractivity contribution in [3.05, 3.63) is 18.2 Å². The minimum atomic E-state index is -0.440. The Labute approximate surface area is 74.3 Å². The largest absolute Gasteiger partial charge is 0.497 e. The van der Waals surface area contributed by atoms with Gasteiger partial charge in [0.25, 0.3) is 5.91 Å². The van der Waals surface area contributed by atoms with Crippen LogP contribution >= 0.6 is 0 Å². The lowest BCUT2D eigenvalue weighted by Gasteiger charge is -1.96. The number of hydrogen-bond acceptors (Lipinski definition) is 2. The van der Waals surface area contributed by atoms with Crippen molar-refractivity contribution >= 4 is 23.8 Å². The van der Waals surface area contributed by atoms with E-state index in [2.05, 4.69) is 26.7 Å². The van der Waals surface area contributed by atoms with Crippen LogP contribution in [0.5, 0.6) is 0 Å². The molecule has 0 aliphatic carbocycles. The molecule has 0 aromatic heterocycles. The minimum absolute atomic E-state index is 0.00403. The Morgan fingerprint density at radius 2 is 2.62 bits per heavy atom. The fourth-order valence-electron chi connectivity index (χ4n) is 0.742. The SMILES string of the molecule is C=CCNC(=O)C1=NC=NC1=[N+]=[N-]. The van der Waals surface area contributed by atoms with Crippen molar-refractivity contribution in [2.45, 2.75) is 0 Å². The third-order valence-corrected chi connectivity index (χ3v) is 1.30. The number of amidine groups is 1. The first kappa shape index (κ1) is 9.02. The minimum Gasteiger partial charge on any atom is -0.497 e. The van der Waals surface area contributed by atoms with Crippen LogP contribution in [0.3, 0.4) is 0 Å². The van der Waals surface area contributed by atoms with Crippen molar-refractivity contribution in [3.63, 3.8) is 0 Å². The smallest absolute Gasteiger partial charge is 0.434 e. The molecule has 0 radical (unpaired) electrons. The maximum Gasteiger partial charge on any atom is 0.434 e. The summed E-state index contributed by atoms with van der Waals surface area (Å²) >= 11 is 0. The van der Waals surface area contributed by atoms with E-state index < -0.39 is 5.91 Å². The highest BCUT2D eigenvalue weighted by molar-refractivity contribution is 6.67. The van der Waals surface area contributed by atoms with Gasteiger partial charge in [0.15, 0.2) is 0 Å². The molecule has 0 aromatic rings. The first-order valence-electron chi connectivity index (χ1n) is 3.51. The third kappa shape index (κ3) is 1.94. The van der Waals surface area contributed by atoms with Gasteiger partial charge in [-0.3, -0.25) is 4.79 Å². The fraction of sp³-hybridized carbons (Fsp3) is 0.143. The van der Waals surface area contributed by atoms with Gasteiger partial charge >= 0.3 is 5.84 Å². The van der Waals surface area contributed by atoms with Gasteiger partial charge in [-0.15, -0.1) is 6.58 Å². The first-order chi connectivity index (χ1) is 6.29. The van der Waals surface area contributed by atoms with Gasteiger partial charge in [-0.25, -0.2) is 0 Å². The Balaban J connectivity index is 2.69. The van der Waals surface area contributed by atoms with E-state index in [1.807, 2.05) is 0 Å². The van der Waals surface area contributed by atoms with Crippen LogP contribution in [0.4, 0.5) is 0 Å². The summed E-state index contributed by atoms with van der Waals surface area (Å²) in [5.74, 6) is -0.522. The molecule has 0 saturated carbocycles. The summed E-state index contributed by atoms with van der Waals surface area (Å²) < 4.78 is 0. The molecule has 1 aliphatic rings. The van der Waals surface area contributed by atoms with Gasteiger partial charge in [-0.2, -0.15) is 4.99 Å². The molecule has 0 fully saturated rings. The second-order valence-corrected chi connectivity index (χ2v) is 2.14. The van der Waals surface area contributed by atoms with Crippen molar-refractivity contribution in [2.24, 2.45) is 9.98 Å². The molecule has 0 atom stereocenters. The van der Waals surface area contributed by atoms with Crippen LogP contribution in [0.15, 0.2) is 22.6 Å². The third-order valence-electron chi connectivity index (χ3n) is 1.30. The lowest BCUT2D eigenvalue weighted by Crippen LogP contribution is -2.34. The molecule has 1 heterocycles. The zero-order chi connectivity index (χ0) is 9.68. The maximum absolute atomic E-state index is 11.2. The summed E-state index contributed by atoms with van der Waals surface area (Å²) in [5, 5.41) is 2.48. The number of nitrogens with one attached hydrogen (secondary N) is 1. The Morgan fingerprint density at radius 3 is 3.23 bits per heavy atom. The first-order valence-corrected chi connectivity index (χ1v) is 3.51. The molecule has 1 amide bonds. The van der Waals surface area contributed by atoms with Crippen LogP contribution in [0.1, 0.15) is 0 Å². The molecule has 1 rings (SSSR count). The van der Waals surface area contributed by atoms with Gasteiger partial charge in [0, 0.05) is 6.54 Å². The molecule has 0 bridgehead atoms. The van der Waals surface area contributed by atoms with Crippen molar-refractivity contribution in [2.75, 3.05) is 6.54 Å². The highest BCUT2D eigenvalue weighted by Gasteiger charge is 2.28. The van der Waals surface area contributed by atoms with E-state index in [0.717, 1.165) is 6.34 Å². The van der Waals surface area contributed by atoms with Gasteiger partial charge < -0.3 is 15.6 Å². The van der Waals surface area contributed by atoms with Crippen molar-refractivity contribution in [3.8, 4) is 0 Å². The van der Waals surface area contributed by atoms with E-state index >= 15 is 0 Å². The van der Waals surface area contributed by atoms with Gasteiger partial charge in [0.2, 0.25) is 12.1 Å². The molecular formula is C7H7N5O. The summed E-state index contributed by atoms with van der Waals surface area (Å²) in [6.45, 7) is 3.76. The standard InChI is InChI=1S/C7H7N5O/c1-2-3-9-7(13)5-6(12-8)11-4-10-5/h2,4H,1,3H2,(H,9,13). The molecule has 1 aliphatic heterocycles.